The molecule has 1 aliphatic rings. The summed E-state index contributed by atoms with van der Waals surface area (Å²) in [6.45, 7) is 0.808. The number of hydrogen-bond acceptors (Lipinski definition) is 3. The zero-order chi connectivity index (χ0) is 10.7. The lowest BCUT2D eigenvalue weighted by atomic mass is 10.0. The summed E-state index contributed by atoms with van der Waals surface area (Å²) in [6.07, 6.45) is 6.20. The van der Waals surface area contributed by atoms with E-state index in [4.69, 9.17) is 5.11 Å². The van der Waals surface area contributed by atoms with Crippen molar-refractivity contribution in [3.63, 3.8) is 0 Å². The monoisotopic (exact) mass is 206 g/mol. The fourth-order valence-electron chi connectivity index (χ4n) is 2.02. The SMILES string of the molecule is O=C(O)C1CCCCN1c1cccnc1. The van der Waals surface area contributed by atoms with Gasteiger partial charge in [-0.05, 0) is 31.4 Å². The van der Waals surface area contributed by atoms with E-state index in [9.17, 15) is 4.79 Å². The van der Waals surface area contributed by atoms with Crippen LogP contribution in [0.3, 0.4) is 0 Å². The Labute approximate surface area is 88.6 Å². The second kappa shape index (κ2) is 4.29. The average molecular weight is 206 g/mol. The Kier molecular flexibility index (Phi) is 2.85. The summed E-state index contributed by atoms with van der Waals surface area (Å²) in [5.74, 6) is -0.737. The van der Waals surface area contributed by atoms with Gasteiger partial charge in [-0.3, -0.25) is 4.98 Å². The fraction of sp³-hybridized carbons (Fsp3) is 0.455. The van der Waals surface area contributed by atoms with Gasteiger partial charge in [0.25, 0.3) is 0 Å². The van der Waals surface area contributed by atoms with Crippen LogP contribution in [0.5, 0.6) is 0 Å². The molecule has 1 aromatic rings. The van der Waals surface area contributed by atoms with Crippen LogP contribution in [0.2, 0.25) is 0 Å². The highest BCUT2D eigenvalue weighted by Crippen LogP contribution is 2.23. The van der Waals surface area contributed by atoms with E-state index in [1.54, 1.807) is 12.4 Å². The molecular weight excluding hydrogens is 192 g/mol. The zero-order valence-corrected chi connectivity index (χ0v) is 8.47. The van der Waals surface area contributed by atoms with Crippen molar-refractivity contribution < 1.29 is 9.90 Å². The van der Waals surface area contributed by atoms with Gasteiger partial charge < -0.3 is 10.0 Å². The molecule has 1 saturated heterocycles. The molecule has 1 fully saturated rings. The number of nitrogens with zero attached hydrogens (tertiary/aromatic N) is 2. The largest absolute Gasteiger partial charge is 0.480 e. The quantitative estimate of drug-likeness (QED) is 0.797. The standard InChI is InChI=1S/C11H14N2O2/c14-11(15)10-5-1-2-7-13(10)9-4-3-6-12-8-9/h3-4,6,8,10H,1-2,5,7H2,(H,14,15). The number of rotatable bonds is 2. The van der Waals surface area contributed by atoms with Crippen LogP contribution in [0.1, 0.15) is 19.3 Å². The molecule has 80 valence electrons. The van der Waals surface area contributed by atoms with Gasteiger partial charge in [0.2, 0.25) is 0 Å². The second-order valence-electron chi connectivity index (χ2n) is 3.75. The molecule has 1 atom stereocenters. The third kappa shape index (κ3) is 2.09. The highest BCUT2D eigenvalue weighted by molar-refractivity contribution is 5.78. The third-order valence-electron chi connectivity index (χ3n) is 2.77. The number of hydrogen-bond donors (Lipinski definition) is 1. The summed E-state index contributed by atoms with van der Waals surface area (Å²) in [4.78, 5) is 17.0. The third-order valence-corrected chi connectivity index (χ3v) is 2.77. The normalized spacial score (nSPS) is 21.3. The number of pyridine rings is 1. The maximum absolute atomic E-state index is 11.1. The number of anilines is 1. The number of aliphatic carboxylic acids is 1. The molecule has 0 saturated carbocycles. The van der Waals surface area contributed by atoms with E-state index >= 15 is 0 Å². The van der Waals surface area contributed by atoms with Crippen LogP contribution in [-0.4, -0.2) is 28.6 Å². The van der Waals surface area contributed by atoms with Crippen LogP contribution in [-0.2, 0) is 4.79 Å². The Balaban J connectivity index is 2.22. The molecule has 4 heteroatoms. The van der Waals surface area contributed by atoms with Gasteiger partial charge in [-0.15, -0.1) is 0 Å². The molecule has 1 aliphatic heterocycles. The van der Waals surface area contributed by atoms with E-state index in [0.717, 1.165) is 31.5 Å². The minimum atomic E-state index is -0.737. The summed E-state index contributed by atoms with van der Waals surface area (Å²) in [5, 5.41) is 9.11. The predicted molar refractivity (Wildman–Crippen MR) is 56.9 cm³/mol. The van der Waals surface area contributed by atoms with E-state index in [1.165, 1.54) is 0 Å². The van der Waals surface area contributed by atoms with Crippen molar-refractivity contribution in [3.8, 4) is 0 Å². The van der Waals surface area contributed by atoms with Crippen LogP contribution < -0.4 is 4.90 Å². The molecule has 0 spiro atoms. The highest BCUT2D eigenvalue weighted by atomic mass is 16.4. The molecule has 1 unspecified atom stereocenters. The first-order valence-corrected chi connectivity index (χ1v) is 5.18. The maximum Gasteiger partial charge on any atom is 0.326 e. The van der Waals surface area contributed by atoms with Gasteiger partial charge in [0.15, 0.2) is 0 Å². The average Bonchev–Trinajstić information content (AvgIpc) is 2.30. The number of piperidine rings is 1. The minimum absolute atomic E-state index is 0.386. The van der Waals surface area contributed by atoms with Crippen LogP contribution in [0.4, 0.5) is 5.69 Å². The number of carboxylic acids is 1. The molecule has 4 nitrogen and oxygen atoms in total. The molecule has 15 heavy (non-hydrogen) atoms. The first kappa shape index (κ1) is 9.96. The van der Waals surface area contributed by atoms with Crippen LogP contribution in [0.15, 0.2) is 24.5 Å². The van der Waals surface area contributed by atoms with E-state index in [2.05, 4.69) is 4.98 Å². The van der Waals surface area contributed by atoms with Gasteiger partial charge in [-0.1, -0.05) is 0 Å². The second-order valence-corrected chi connectivity index (χ2v) is 3.75. The molecule has 0 radical (unpaired) electrons. The predicted octanol–water partition coefficient (Wildman–Crippen LogP) is 1.53. The minimum Gasteiger partial charge on any atom is -0.480 e. The van der Waals surface area contributed by atoms with E-state index in [-0.39, 0.29) is 6.04 Å². The summed E-state index contributed by atoms with van der Waals surface area (Å²) in [5.41, 5.74) is 0.907. The molecule has 0 aliphatic carbocycles. The Morgan fingerprint density at radius 1 is 1.53 bits per heavy atom. The van der Waals surface area contributed by atoms with Crippen molar-refractivity contribution in [2.75, 3.05) is 11.4 Å². The zero-order valence-electron chi connectivity index (χ0n) is 8.47. The number of carbonyl (C=O) groups is 1. The molecule has 2 rings (SSSR count). The van der Waals surface area contributed by atoms with Gasteiger partial charge in [0, 0.05) is 12.7 Å². The summed E-state index contributed by atoms with van der Waals surface area (Å²) in [6, 6.07) is 3.36. The maximum atomic E-state index is 11.1. The van der Waals surface area contributed by atoms with Crippen molar-refractivity contribution in [1.82, 2.24) is 4.98 Å². The van der Waals surface area contributed by atoms with Crippen LogP contribution in [0.25, 0.3) is 0 Å². The number of aromatic nitrogens is 1. The molecule has 2 heterocycles. The Morgan fingerprint density at radius 3 is 3.07 bits per heavy atom. The van der Waals surface area contributed by atoms with Crippen LogP contribution in [0, 0.1) is 0 Å². The Bertz CT molecular complexity index is 340. The highest BCUT2D eigenvalue weighted by Gasteiger charge is 2.28. The Morgan fingerprint density at radius 2 is 2.40 bits per heavy atom. The van der Waals surface area contributed by atoms with Gasteiger partial charge >= 0.3 is 5.97 Å². The Hall–Kier alpha value is -1.58. The first-order chi connectivity index (χ1) is 7.29. The molecule has 1 N–H and O–H groups in total. The van der Waals surface area contributed by atoms with Crippen molar-refractivity contribution in [2.24, 2.45) is 0 Å². The van der Waals surface area contributed by atoms with E-state index in [1.807, 2.05) is 17.0 Å². The van der Waals surface area contributed by atoms with Crippen molar-refractivity contribution in [3.05, 3.63) is 24.5 Å². The van der Waals surface area contributed by atoms with E-state index in [0.29, 0.717) is 0 Å². The molecule has 0 amide bonds. The van der Waals surface area contributed by atoms with Crippen molar-refractivity contribution in [2.45, 2.75) is 25.3 Å². The lowest BCUT2D eigenvalue weighted by molar-refractivity contribution is -0.139. The number of carboxylic acid groups (broad SMARTS) is 1. The lowest BCUT2D eigenvalue weighted by Crippen LogP contribution is -2.44. The van der Waals surface area contributed by atoms with Gasteiger partial charge in [0.1, 0.15) is 6.04 Å². The fourth-order valence-corrected chi connectivity index (χ4v) is 2.02. The summed E-state index contributed by atoms with van der Waals surface area (Å²) < 4.78 is 0. The lowest BCUT2D eigenvalue weighted by Gasteiger charge is -2.34. The van der Waals surface area contributed by atoms with Crippen molar-refractivity contribution >= 4 is 11.7 Å². The molecule has 1 aromatic heterocycles. The van der Waals surface area contributed by atoms with Crippen molar-refractivity contribution in [1.29, 1.82) is 0 Å². The topological polar surface area (TPSA) is 53.4 Å². The van der Waals surface area contributed by atoms with E-state index < -0.39 is 5.97 Å². The molecule has 0 aromatic carbocycles. The van der Waals surface area contributed by atoms with Gasteiger partial charge in [-0.25, -0.2) is 4.79 Å². The molecular formula is C11H14N2O2. The van der Waals surface area contributed by atoms with Crippen LogP contribution >= 0.6 is 0 Å². The van der Waals surface area contributed by atoms with Gasteiger partial charge in [0.05, 0.1) is 11.9 Å². The van der Waals surface area contributed by atoms with Gasteiger partial charge in [-0.2, -0.15) is 0 Å². The smallest absolute Gasteiger partial charge is 0.326 e. The summed E-state index contributed by atoms with van der Waals surface area (Å²) in [7, 11) is 0. The molecule has 0 bridgehead atoms. The summed E-state index contributed by atoms with van der Waals surface area (Å²) >= 11 is 0. The first-order valence-electron chi connectivity index (χ1n) is 5.18.